The third-order valence-corrected chi connectivity index (χ3v) is 5.73. The number of hydrogen-bond acceptors (Lipinski definition) is 5. The van der Waals surface area contributed by atoms with Crippen LogP contribution < -0.4 is 10.7 Å². The zero-order chi connectivity index (χ0) is 20.9. The monoisotopic (exact) mass is 405 g/mol. The van der Waals surface area contributed by atoms with Gasteiger partial charge in [-0.1, -0.05) is 48.5 Å². The molecule has 0 radical (unpaired) electrons. The summed E-state index contributed by atoms with van der Waals surface area (Å²) in [6.45, 7) is 4.00. The van der Waals surface area contributed by atoms with Gasteiger partial charge in [0.05, 0.1) is 5.69 Å². The number of piperazine rings is 1. The second-order valence-corrected chi connectivity index (χ2v) is 7.72. The molecule has 4 rings (SSSR count). The number of nitrogens with zero attached hydrogens (tertiary/aromatic N) is 4. The van der Waals surface area contributed by atoms with Crippen molar-refractivity contribution in [3.63, 3.8) is 0 Å². The van der Waals surface area contributed by atoms with Crippen molar-refractivity contribution < 1.29 is 9.59 Å². The van der Waals surface area contributed by atoms with E-state index in [1.165, 1.54) is 5.56 Å². The van der Waals surface area contributed by atoms with Gasteiger partial charge in [0.1, 0.15) is 11.8 Å². The van der Waals surface area contributed by atoms with E-state index < -0.39 is 11.9 Å². The first kappa shape index (κ1) is 20.1. The highest BCUT2D eigenvalue weighted by Gasteiger charge is 2.37. The smallest absolute Gasteiger partial charge is 0.270 e. The minimum atomic E-state index is -0.626. The Bertz CT molecular complexity index is 908. The van der Waals surface area contributed by atoms with Gasteiger partial charge in [-0.3, -0.25) is 19.5 Å². The second-order valence-electron chi connectivity index (χ2n) is 7.72. The van der Waals surface area contributed by atoms with Gasteiger partial charge in [-0.15, -0.1) is 0 Å². The van der Waals surface area contributed by atoms with E-state index in [1.54, 1.807) is 5.01 Å². The summed E-state index contributed by atoms with van der Waals surface area (Å²) in [5, 5.41) is 6.05. The van der Waals surface area contributed by atoms with Crippen molar-refractivity contribution >= 4 is 23.2 Å². The van der Waals surface area contributed by atoms with Gasteiger partial charge in [0, 0.05) is 39.1 Å². The summed E-state index contributed by atoms with van der Waals surface area (Å²) >= 11 is 0. The van der Waals surface area contributed by atoms with Crippen molar-refractivity contribution in [3.05, 3.63) is 66.2 Å². The van der Waals surface area contributed by atoms with Crippen LogP contribution in [0, 0.1) is 0 Å². The van der Waals surface area contributed by atoms with Crippen molar-refractivity contribution in [2.75, 3.05) is 37.7 Å². The summed E-state index contributed by atoms with van der Waals surface area (Å²) in [5.41, 5.74) is 8.07. The molecule has 2 aliphatic heterocycles. The second kappa shape index (κ2) is 9.09. The van der Waals surface area contributed by atoms with Gasteiger partial charge in [0.2, 0.25) is 5.91 Å². The van der Waals surface area contributed by atoms with Crippen LogP contribution in [0.25, 0.3) is 0 Å². The Morgan fingerprint density at radius 2 is 1.57 bits per heavy atom. The molecule has 0 saturated carbocycles. The van der Waals surface area contributed by atoms with Crippen molar-refractivity contribution in [2.45, 2.75) is 18.9 Å². The molecule has 30 heavy (non-hydrogen) atoms. The molecule has 2 aliphatic rings. The predicted molar refractivity (Wildman–Crippen MR) is 117 cm³/mol. The third kappa shape index (κ3) is 4.52. The molecule has 2 amide bonds. The fourth-order valence-corrected chi connectivity index (χ4v) is 3.97. The number of anilines is 1. The Hall–Kier alpha value is -3.19. The lowest BCUT2D eigenvalue weighted by molar-refractivity contribution is -0.125. The number of carbonyl (C=O) groups excluding carboxylic acids is 2. The quantitative estimate of drug-likeness (QED) is 0.790. The van der Waals surface area contributed by atoms with Gasteiger partial charge in [0.25, 0.3) is 5.91 Å². The van der Waals surface area contributed by atoms with Gasteiger partial charge in [-0.05, 0) is 24.1 Å². The lowest BCUT2D eigenvalue weighted by Crippen LogP contribution is -2.51. The third-order valence-electron chi connectivity index (χ3n) is 5.73. The molecule has 7 heteroatoms. The maximum Gasteiger partial charge on any atom is 0.270 e. The molecule has 0 aliphatic carbocycles. The predicted octanol–water partition coefficient (Wildman–Crippen LogP) is 1.49. The first-order valence-electron chi connectivity index (χ1n) is 10.4. The first-order chi connectivity index (χ1) is 14.6. The van der Waals surface area contributed by atoms with Crippen LogP contribution in [0.2, 0.25) is 0 Å². The number of primary amides is 1. The minimum Gasteiger partial charge on any atom is -0.368 e. The molecule has 2 heterocycles. The van der Waals surface area contributed by atoms with Gasteiger partial charge >= 0.3 is 0 Å². The number of carbonyl (C=O) groups is 2. The summed E-state index contributed by atoms with van der Waals surface area (Å²) in [6.07, 6.45) is 1.26. The number of hydrazone groups is 1. The normalized spacial score (nSPS) is 19.6. The molecule has 1 saturated heterocycles. The van der Waals surface area contributed by atoms with E-state index in [4.69, 9.17) is 5.73 Å². The molecule has 1 fully saturated rings. The number of amides is 2. The van der Waals surface area contributed by atoms with Gasteiger partial charge < -0.3 is 10.6 Å². The van der Waals surface area contributed by atoms with E-state index in [-0.39, 0.29) is 12.3 Å². The van der Waals surface area contributed by atoms with Crippen LogP contribution in [-0.2, 0) is 16.0 Å². The van der Waals surface area contributed by atoms with Crippen molar-refractivity contribution in [3.8, 4) is 0 Å². The molecule has 0 spiro atoms. The van der Waals surface area contributed by atoms with Gasteiger partial charge in [-0.25, -0.2) is 0 Å². The Balaban J connectivity index is 1.35. The molecule has 0 unspecified atom stereocenters. The number of nitrogens with two attached hydrogens (primary N) is 1. The Kier molecular flexibility index (Phi) is 6.09. The molecule has 1 atom stereocenters. The van der Waals surface area contributed by atoms with Gasteiger partial charge in [-0.2, -0.15) is 5.10 Å². The van der Waals surface area contributed by atoms with E-state index in [0.29, 0.717) is 18.8 Å². The highest BCUT2D eigenvalue weighted by molar-refractivity contribution is 6.40. The maximum absolute atomic E-state index is 13.0. The maximum atomic E-state index is 13.0. The fraction of sp³-hybridized carbons (Fsp3) is 0.348. The van der Waals surface area contributed by atoms with E-state index >= 15 is 0 Å². The highest BCUT2D eigenvalue weighted by Crippen LogP contribution is 2.25. The van der Waals surface area contributed by atoms with Crippen molar-refractivity contribution in [1.29, 1.82) is 0 Å². The lowest BCUT2D eigenvalue weighted by atomic mass is 10.1. The molecule has 2 aromatic carbocycles. The Morgan fingerprint density at radius 3 is 2.20 bits per heavy atom. The molecule has 7 nitrogen and oxygen atoms in total. The molecule has 2 N–H and O–H groups in total. The Morgan fingerprint density at radius 1 is 0.933 bits per heavy atom. The van der Waals surface area contributed by atoms with E-state index in [0.717, 1.165) is 31.7 Å². The Labute approximate surface area is 176 Å². The molecule has 0 aromatic heterocycles. The molecule has 0 bridgehead atoms. The van der Waals surface area contributed by atoms with Crippen LogP contribution >= 0.6 is 0 Å². The van der Waals surface area contributed by atoms with Crippen molar-refractivity contribution in [2.24, 2.45) is 10.8 Å². The largest absolute Gasteiger partial charge is 0.368 e. The standard InChI is InChI=1S/C23H27N5O2/c24-22(29)21-17-20(25-28(21)19-9-5-2-6-10-19)23(30)27-15-13-26(14-16-27)12-11-18-7-3-1-4-8-18/h1-10,21H,11-17H2,(H2,24,29)/t21-/m1/s1. The van der Waals surface area contributed by atoms with E-state index in [1.807, 2.05) is 41.3 Å². The molecule has 2 aromatic rings. The summed E-state index contributed by atoms with van der Waals surface area (Å²) in [4.78, 5) is 29.2. The van der Waals surface area contributed by atoms with E-state index in [9.17, 15) is 9.59 Å². The first-order valence-corrected chi connectivity index (χ1v) is 10.4. The molecular weight excluding hydrogens is 378 g/mol. The van der Waals surface area contributed by atoms with Crippen molar-refractivity contribution in [1.82, 2.24) is 9.80 Å². The summed E-state index contributed by atoms with van der Waals surface area (Å²) in [5.74, 6) is -0.571. The number of benzene rings is 2. The van der Waals surface area contributed by atoms with Crippen LogP contribution in [0.3, 0.4) is 0 Å². The topological polar surface area (TPSA) is 82.2 Å². The average molecular weight is 406 g/mol. The van der Waals surface area contributed by atoms with Crippen LogP contribution in [0.1, 0.15) is 12.0 Å². The summed E-state index contributed by atoms with van der Waals surface area (Å²) < 4.78 is 0. The minimum absolute atomic E-state index is 0.0950. The summed E-state index contributed by atoms with van der Waals surface area (Å²) in [7, 11) is 0. The SMILES string of the molecule is NC(=O)[C@H]1CC(C(=O)N2CCN(CCc3ccccc3)CC2)=NN1c1ccccc1. The zero-order valence-corrected chi connectivity index (χ0v) is 17.0. The number of para-hydroxylation sites is 1. The summed E-state index contributed by atoms with van der Waals surface area (Å²) in [6, 6.07) is 19.2. The van der Waals surface area contributed by atoms with E-state index in [2.05, 4.69) is 34.3 Å². The lowest BCUT2D eigenvalue weighted by Gasteiger charge is -2.34. The average Bonchev–Trinajstić information content (AvgIpc) is 3.25. The fourth-order valence-electron chi connectivity index (χ4n) is 3.97. The van der Waals surface area contributed by atoms with Crippen LogP contribution in [-0.4, -0.2) is 66.1 Å². The number of hydrogen-bond donors (Lipinski definition) is 1. The van der Waals surface area contributed by atoms with Crippen LogP contribution in [0.5, 0.6) is 0 Å². The highest BCUT2D eigenvalue weighted by atomic mass is 16.2. The van der Waals surface area contributed by atoms with Crippen LogP contribution in [0.15, 0.2) is 65.8 Å². The number of rotatable bonds is 6. The molecule has 156 valence electrons. The zero-order valence-electron chi connectivity index (χ0n) is 17.0. The molecular formula is C23H27N5O2. The van der Waals surface area contributed by atoms with Crippen LogP contribution in [0.4, 0.5) is 5.69 Å². The van der Waals surface area contributed by atoms with Gasteiger partial charge in [0.15, 0.2) is 0 Å².